The van der Waals surface area contributed by atoms with Crippen LogP contribution in [0.15, 0.2) is 40.9 Å². The number of carboxylic acids is 1. The first kappa shape index (κ1) is 18.6. The summed E-state index contributed by atoms with van der Waals surface area (Å²) in [6.07, 6.45) is 2.52. The standard InChI is InChI=1S/C17H13BrCl2O4/c1-23-15-7-10(2-5-16(21)22)6-13(18)17(15)24-9-11-3-4-12(19)8-14(11)20/h2-8H,9H2,1H3,(H,21,22). The van der Waals surface area contributed by atoms with Crippen LogP contribution in [0.2, 0.25) is 10.0 Å². The molecule has 2 rings (SSSR count). The van der Waals surface area contributed by atoms with Gasteiger partial charge in [0, 0.05) is 21.7 Å². The van der Waals surface area contributed by atoms with E-state index in [-0.39, 0.29) is 6.61 Å². The second-order valence-electron chi connectivity index (χ2n) is 4.73. The van der Waals surface area contributed by atoms with Crippen molar-refractivity contribution in [3.63, 3.8) is 0 Å². The molecule has 126 valence electrons. The Bertz CT molecular complexity index is 790. The molecule has 7 heteroatoms. The second kappa shape index (κ2) is 8.42. The number of aliphatic carboxylic acids is 1. The number of methoxy groups -OCH3 is 1. The van der Waals surface area contributed by atoms with Gasteiger partial charge in [0.1, 0.15) is 6.61 Å². The van der Waals surface area contributed by atoms with Crippen LogP contribution >= 0.6 is 39.1 Å². The molecule has 2 aromatic rings. The largest absolute Gasteiger partial charge is 0.493 e. The Hall–Kier alpha value is -1.69. The minimum atomic E-state index is -1.03. The van der Waals surface area contributed by atoms with Gasteiger partial charge in [-0.25, -0.2) is 4.79 Å². The van der Waals surface area contributed by atoms with E-state index in [0.29, 0.717) is 31.6 Å². The van der Waals surface area contributed by atoms with E-state index in [2.05, 4.69) is 15.9 Å². The highest BCUT2D eigenvalue weighted by Gasteiger charge is 2.12. The van der Waals surface area contributed by atoms with Crippen molar-refractivity contribution in [1.29, 1.82) is 0 Å². The quantitative estimate of drug-likeness (QED) is 0.618. The number of ether oxygens (including phenoxy) is 2. The fourth-order valence-electron chi connectivity index (χ4n) is 1.93. The maximum Gasteiger partial charge on any atom is 0.328 e. The fraction of sp³-hybridized carbons (Fsp3) is 0.118. The first-order valence-corrected chi connectivity index (χ1v) is 8.31. The van der Waals surface area contributed by atoms with Gasteiger partial charge < -0.3 is 14.6 Å². The van der Waals surface area contributed by atoms with Gasteiger partial charge in [-0.1, -0.05) is 29.3 Å². The van der Waals surface area contributed by atoms with Crippen molar-refractivity contribution >= 4 is 51.2 Å². The van der Waals surface area contributed by atoms with Crippen LogP contribution in [-0.4, -0.2) is 18.2 Å². The molecule has 1 N–H and O–H groups in total. The Morgan fingerprint density at radius 3 is 2.67 bits per heavy atom. The molecule has 0 unspecified atom stereocenters. The molecule has 2 aromatic carbocycles. The van der Waals surface area contributed by atoms with Gasteiger partial charge in [-0.2, -0.15) is 0 Å². The van der Waals surface area contributed by atoms with E-state index in [1.807, 2.05) is 0 Å². The topological polar surface area (TPSA) is 55.8 Å². The predicted octanol–water partition coefficient (Wildman–Crippen LogP) is 5.44. The van der Waals surface area contributed by atoms with Crippen molar-refractivity contribution in [3.05, 3.63) is 62.1 Å². The Morgan fingerprint density at radius 1 is 1.29 bits per heavy atom. The minimum Gasteiger partial charge on any atom is -0.493 e. The molecule has 0 aromatic heterocycles. The minimum absolute atomic E-state index is 0.231. The summed E-state index contributed by atoms with van der Waals surface area (Å²) >= 11 is 15.4. The summed E-state index contributed by atoms with van der Waals surface area (Å²) in [5.74, 6) is -0.0571. The maximum atomic E-state index is 10.6. The van der Waals surface area contributed by atoms with E-state index in [1.165, 1.54) is 13.2 Å². The molecule has 0 radical (unpaired) electrons. The third-order valence-corrected chi connectivity index (χ3v) is 4.23. The number of rotatable bonds is 6. The van der Waals surface area contributed by atoms with Gasteiger partial charge >= 0.3 is 5.97 Å². The molecule has 24 heavy (non-hydrogen) atoms. The Balaban J connectivity index is 2.24. The number of benzene rings is 2. The first-order valence-electron chi connectivity index (χ1n) is 6.76. The van der Waals surface area contributed by atoms with Crippen molar-refractivity contribution in [3.8, 4) is 11.5 Å². The molecular weight excluding hydrogens is 419 g/mol. The highest BCUT2D eigenvalue weighted by molar-refractivity contribution is 9.10. The van der Waals surface area contributed by atoms with Crippen LogP contribution in [-0.2, 0) is 11.4 Å². The van der Waals surface area contributed by atoms with Crippen LogP contribution in [0, 0.1) is 0 Å². The van der Waals surface area contributed by atoms with Crippen LogP contribution in [0.4, 0.5) is 0 Å². The number of hydrogen-bond donors (Lipinski definition) is 1. The molecule has 0 spiro atoms. The van der Waals surface area contributed by atoms with Crippen molar-refractivity contribution < 1.29 is 19.4 Å². The summed E-state index contributed by atoms with van der Waals surface area (Å²) in [7, 11) is 1.51. The van der Waals surface area contributed by atoms with Gasteiger partial charge in [0.05, 0.1) is 11.6 Å². The van der Waals surface area contributed by atoms with E-state index < -0.39 is 5.97 Å². The lowest BCUT2D eigenvalue weighted by Gasteiger charge is -2.14. The molecular formula is C17H13BrCl2O4. The van der Waals surface area contributed by atoms with E-state index in [0.717, 1.165) is 11.6 Å². The number of carboxylic acid groups (broad SMARTS) is 1. The third kappa shape index (κ3) is 4.90. The fourth-order valence-corrected chi connectivity index (χ4v) is 2.97. The summed E-state index contributed by atoms with van der Waals surface area (Å²) in [6.45, 7) is 0.231. The third-order valence-electron chi connectivity index (χ3n) is 3.06. The lowest BCUT2D eigenvalue weighted by Crippen LogP contribution is -2.00. The second-order valence-corrected chi connectivity index (χ2v) is 6.43. The van der Waals surface area contributed by atoms with Gasteiger partial charge in [0.15, 0.2) is 11.5 Å². The van der Waals surface area contributed by atoms with Crippen LogP contribution in [0.5, 0.6) is 11.5 Å². The zero-order chi connectivity index (χ0) is 17.7. The van der Waals surface area contributed by atoms with Crippen molar-refractivity contribution in [1.82, 2.24) is 0 Å². The summed E-state index contributed by atoms with van der Waals surface area (Å²) < 4.78 is 11.8. The molecule has 0 aliphatic rings. The van der Waals surface area contributed by atoms with E-state index in [9.17, 15) is 4.79 Å². The van der Waals surface area contributed by atoms with E-state index in [4.69, 9.17) is 37.8 Å². The molecule has 0 bridgehead atoms. The lowest BCUT2D eigenvalue weighted by molar-refractivity contribution is -0.131. The van der Waals surface area contributed by atoms with Crippen LogP contribution in [0.25, 0.3) is 6.08 Å². The smallest absolute Gasteiger partial charge is 0.328 e. The van der Waals surface area contributed by atoms with Gasteiger partial charge in [0.25, 0.3) is 0 Å². The molecule has 0 atom stereocenters. The highest BCUT2D eigenvalue weighted by atomic mass is 79.9. The molecule has 0 saturated carbocycles. The van der Waals surface area contributed by atoms with Crippen LogP contribution < -0.4 is 9.47 Å². The van der Waals surface area contributed by atoms with Gasteiger partial charge in [-0.05, 0) is 51.8 Å². The molecule has 0 fully saturated rings. The van der Waals surface area contributed by atoms with Crippen molar-refractivity contribution in [2.45, 2.75) is 6.61 Å². The van der Waals surface area contributed by atoms with E-state index >= 15 is 0 Å². The van der Waals surface area contributed by atoms with Crippen LogP contribution in [0.1, 0.15) is 11.1 Å². The number of hydrogen-bond acceptors (Lipinski definition) is 3. The summed E-state index contributed by atoms with van der Waals surface area (Å²) in [5.41, 5.74) is 1.45. The zero-order valence-corrected chi connectivity index (χ0v) is 15.7. The summed E-state index contributed by atoms with van der Waals surface area (Å²) in [5, 5.41) is 9.77. The van der Waals surface area contributed by atoms with Gasteiger partial charge in [-0.15, -0.1) is 0 Å². The normalized spacial score (nSPS) is 10.8. The summed E-state index contributed by atoms with van der Waals surface area (Å²) in [4.78, 5) is 10.6. The molecule has 0 aliphatic heterocycles. The average molecular weight is 432 g/mol. The van der Waals surface area contributed by atoms with E-state index in [1.54, 1.807) is 30.3 Å². The van der Waals surface area contributed by atoms with Crippen LogP contribution in [0.3, 0.4) is 0 Å². The molecule has 0 amide bonds. The lowest BCUT2D eigenvalue weighted by atomic mass is 10.2. The van der Waals surface area contributed by atoms with Crippen molar-refractivity contribution in [2.24, 2.45) is 0 Å². The Morgan fingerprint density at radius 2 is 2.04 bits per heavy atom. The van der Waals surface area contributed by atoms with Gasteiger partial charge in [-0.3, -0.25) is 0 Å². The molecule has 0 saturated heterocycles. The highest BCUT2D eigenvalue weighted by Crippen LogP contribution is 2.38. The Kier molecular flexibility index (Phi) is 6.54. The predicted molar refractivity (Wildman–Crippen MR) is 98.2 cm³/mol. The van der Waals surface area contributed by atoms with Gasteiger partial charge in [0.2, 0.25) is 0 Å². The Labute approximate surface area is 157 Å². The number of halogens is 3. The molecule has 0 heterocycles. The zero-order valence-electron chi connectivity index (χ0n) is 12.6. The average Bonchev–Trinajstić information content (AvgIpc) is 2.52. The van der Waals surface area contributed by atoms with Crippen molar-refractivity contribution in [2.75, 3.05) is 7.11 Å². The first-order chi connectivity index (χ1) is 11.4. The molecule has 0 aliphatic carbocycles. The molecule has 4 nitrogen and oxygen atoms in total. The SMILES string of the molecule is COc1cc(C=CC(=O)O)cc(Br)c1OCc1ccc(Cl)cc1Cl. The maximum absolute atomic E-state index is 10.6. The number of carbonyl (C=O) groups is 1. The summed E-state index contributed by atoms with van der Waals surface area (Å²) in [6, 6.07) is 8.59. The monoisotopic (exact) mass is 430 g/mol.